The summed E-state index contributed by atoms with van der Waals surface area (Å²) < 4.78 is 4.60. The highest BCUT2D eigenvalue weighted by Crippen LogP contribution is 2.15. The molecule has 0 fully saturated rings. The second-order valence-corrected chi connectivity index (χ2v) is 3.26. The normalized spacial score (nSPS) is 10.1. The molecule has 0 saturated heterocycles. The Morgan fingerprint density at radius 1 is 1.13 bits per heavy atom. The molecule has 3 heteroatoms. The van der Waals surface area contributed by atoms with Crippen molar-refractivity contribution in [3.63, 3.8) is 0 Å². The van der Waals surface area contributed by atoms with Crippen LogP contribution in [0.3, 0.4) is 0 Å². The molecule has 2 aromatic carbocycles. The third-order valence-electron chi connectivity index (χ3n) is 2.18. The molecule has 0 atom stereocenters. The molecule has 0 aromatic heterocycles. The molecule has 0 aliphatic rings. The lowest BCUT2D eigenvalue weighted by molar-refractivity contribution is 0.148. The monoisotopic (exact) mass is 200 g/mol. The summed E-state index contributed by atoms with van der Waals surface area (Å²) in [6.07, 6.45) is -0.997. The molecule has 2 aromatic rings. The van der Waals surface area contributed by atoms with Gasteiger partial charge in [0.2, 0.25) is 0 Å². The minimum atomic E-state index is -0.997. The Morgan fingerprint density at radius 3 is 2.60 bits per heavy atom. The summed E-state index contributed by atoms with van der Waals surface area (Å²) in [5.41, 5.74) is 7.53. The van der Waals surface area contributed by atoms with Crippen LogP contribution in [-0.2, 0) is 11.3 Å². The molecule has 3 nitrogen and oxygen atoms in total. The van der Waals surface area contributed by atoms with E-state index in [2.05, 4.69) is 4.74 Å². The zero-order valence-corrected chi connectivity index (χ0v) is 8.07. The van der Waals surface area contributed by atoms with Crippen molar-refractivity contribution in [2.45, 2.75) is 6.61 Å². The Labute approximate surface area is 87.5 Å². The van der Waals surface area contributed by atoms with E-state index in [-0.39, 0.29) is 6.61 Å². The molecule has 75 valence electrons. The third-order valence-corrected chi connectivity index (χ3v) is 2.18. The molecule has 0 unspecified atom stereocenters. The molecule has 15 heavy (non-hydrogen) atoms. The number of nitrogens with one attached hydrogen (secondary N) is 1. The van der Waals surface area contributed by atoms with Crippen LogP contribution in [0.25, 0.3) is 10.8 Å². The van der Waals surface area contributed by atoms with Crippen LogP contribution in [0.15, 0.2) is 42.5 Å². The molecular weight excluding hydrogens is 190 g/mol. The van der Waals surface area contributed by atoms with Gasteiger partial charge in [-0.3, -0.25) is 0 Å². The van der Waals surface area contributed by atoms with Crippen LogP contribution in [0.4, 0.5) is 4.79 Å². The van der Waals surface area contributed by atoms with E-state index in [0.717, 1.165) is 16.3 Å². The van der Waals surface area contributed by atoms with Crippen molar-refractivity contribution in [1.29, 1.82) is 0 Å². The fourth-order valence-corrected chi connectivity index (χ4v) is 1.48. The largest absolute Gasteiger partial charge is 0.443 e. The molecule has 1 radical (unpaired) electrons. The zero-order valence-electron chi connectivity index (χ0n) is 8.07. The number of hydrogen-bond acceptors (Lipinski definition) is 2. The fraction of sp³-hybridized carbons (Fsp3) is 0.0833. The summed E-state index contributed by atoms with van der Waals surface area (Å²) in [5, 5.41) is 2.26. The van der Waals surface area contributed by atoms with Gasteiger partial charge in [0, 0.05) is 0 Å². The molecule has 0 saturated carbocycles. The van der Waals surface area contributed by atoms with Crippen LogP contribution in [0.5, 0.6) is 0 Å². The standard InChI is InChI=1S/C12H10NO2/c13-12(14)15-8-9-5-6-10-3-1-2-4-11(10)7-9/h1-7,13H,8H2. The maximum absolute atomic E-state index is 10.3. The lowest BCUT2D eigenvalue weighted by Crippen LogP contribution is -2.01. The second-order valence-electron chi connectivity index (χ2n) is 3.26. The predicted molar refractivity (Wildman–Crippen MR) is 57.2 cm³/mol. The number of carbonyl (C=O) groups excluding carboxylic acids is 1. The van der Waals surface area contributed by atoms with E-state index in [0.29, 0.717) is 0 Å². The molecule has 0 bridgehead atoms. The van der Waals surface area contributed by atoms with Gasteiger partial charge in [0.1, 0.15) is 6.61 Å². The third kappa shape index (κ3) is 2.26. The topological polar surface area (TPSA) is 50.1 Å². The lowest BCUT2D eigenvalue weighted by Gasteiger charge is -2.03. The van der Waals surface area contributed by atoms with E-state index in [1.165, 1.54) is 0 Å². The highest BCUT2D eigenvalue weighted by atomic mass is 16.5. The number of benzene rings is 2. The quantitative estimate of drug-likeness (QED) is 0.748. The second kappa shape index (κ2) is 4.00. The first-order valence-electron chi connectivity index (χ1n) is 4.62. The van der Waals surface area contributed by atoms with Crippen molar-refractivity contribution in [2.24, 2.45) is 0 Å². The summed E-state index contributed by atoms with van der Waals surface area (Å²) >= 11 is 0. The van der Waals surface area contributed by atoms with Crippen molar-refractivity contribution in [3.05, 3.63) is 48.0 Å². The summed E-state index contributed by atoms with van der Waals surface area (Å²) in [5.74, 6) is 0. The molecule has 2 rings (SSSR count). The molecule has 1 amide bonds. The Balaban J connectivity index is 2.26. The Hall–Kier alpha value is -2.03. The summed E-state index contributed by atoms with van der Waals surface area (Å²) in [6.45, 7) is 0.160. The highest BCUT2D eigenvalue weighted by molar-refractivity contribution is 5.83. The molecule has 0 spiro atoms. The van der Waals surface area contributed by atoms with Gasteiger partial charge >= 0.3 is 6.09 Å². The summed E-state index contributed by atoms with van der Waals surface area (Å²) in [6, 6.07) is 13.8. The molecule has 0 aliphatic carbocycles. The van der Waals surface area contributed by atoms with Crippen molar-refractivity contribution < 1.29 is 9.53 Å². The highest BCUT2D eigenvalue weighted by Gasteiger charge is 1.98. The smallest absolute Gasteiger partial charge is 0.426 e. The number of hydrogen-bond donors (Lipinski definition) is 0. The summed E-state index contributed by atoms with van der Waals surface area (Å²) in [4.78, 5) is 10.3. The Morgan fingerprint density at radius 2 is 1.87 bits per heavy atom. The van der Waals surface area contributed by atoms with Crippen molar-refractivity contribution >= 4 is 16.9 Å². The van der Waals surface area contributed by atoms with Crippen LogP contribution in [0, 0.1) is 0 Å². The van der Waals surface area contributed by atoms with Crippen LogP contribution in [-0.4, -0.2) is 6.09 Å². The van der Waals surface area contributed by atoms with Crippen molar-refractivity contribution in [3.8, 4) is 0 Å². The number of ether oxygens (including phenoxy) is 1. The fourth-order valence-electron chi connectivity index (χ4n) is 1.48. The average Bonchev–Trinajstić information content (AvgIpc) is 2.26. The minimum absolute atomic E-state index is 0.160. The average molecular weight is 200 g/mol. The van der Waals surface area contributed by atoms with Gasteiger partial charge in [-0.1, -0.05) is 36.4 Å². The molecular formula is C12H10NO2. The van der Waals surface area contributed by atoms with Crippen LogP contribution < -0.4 is 5.73 Å². The van der Waals surface area contributed by atoms with Crippen molar-refractivity contribution in [2.75, 3.05) is 0 Å². The van der Waals surface area contributed by atoms with Gasteiger partial charge in [-0.25, -0.2) is 10.5 Å². The number of carbonyl (C=O) groups is 1. The van der Waals surface area contributed by atoms with E-state index >= 15 is 0 Å². The van der Waals surface area contributed by atoms with E-state index in [9.17, 15) is 4.79 Å². The molecule has 0 aliphatic heterocycles. The van der Waals surface area contributed by atoms with Crippen LogP contribution >= 0.6 is 0 Å². The van der Waals surface area contributed by atoms with Gasteiger partial charge in [0.15, 0.2) is 0 Å². The Kier molecular flexibility index (Phi) is 2.54. The molecule has 1 N–H and O–H groups in total. The van der Waals surface area contributed by atoms with Gasteiger partial charge in [-0.15, -0.1) is 0 Å². The zero-order chi connectivity index (χ0) is 10.7. The van der Waals surface area contributed by atoms with Gasteiger partial charge < -0.3 is 4.74 Å². The van der Waals surface area contributed by atoms with Gasteiger partial charge in [0.05, 0.1) is 0 Å². The van der Waals surface area contributed by atoms with Crippen molar-refractivity contribution in [1.82, 2.24) is 5.73 Å². The first kappa shape index (κ1) is 9.52. The van der Waals surface area contributed by atoms with E-state index < -0.39 is 6.09 Å². The molecule has 0 heterocycles. The number of amides is 1. The first-order chi connectivity index (χ1) is 7.25. The predicted octanol–water partition coefficient (Wildman–Crippen LogP) is 2.76. The SMILES string of the molecule is [NH]C(=O)OCc1ccc2ccccc2c1. The minimum Gasteiger partial charge on any atom is -0.443 e. The van der Waals surface area contributed by atoms with Crippen LogP contribution in [0.1, 0.15) is 5.56 Å². The van der Waals surface area contributed by atoms with E-state index in [1.54, 1.807) is 0 Å². The lowest BCUT2D eigenvalue weighted by atomic mass is 10.1. The van der Waals surface area contributed by atoms with E-state index in [1.807, 2.05) is 42.5 Å². The number of fused-ring (bicyclic) bond motifs is 1. The summed E-state index contributed by atoms with van der Waals surface area (Å²) in [7, 11) is 0. The van der Waals surface area contributed by atoms with Gasteiger partial charge in [-0.05, 0) is 22.4 Å². The Bertz CT molecular complexity index is 494. The maximum Gasteiger partial charge on any atom is 0.426 e. The maximum atomic E-state index is 10.3. The number of rotatable bonds is 2. The van der Waals surface area contributed by atoms with E-state index in [4.69, 9.17) is 5.73 Å². The first-order valence-corrected chi connectivity index (χ1v) is 4.62. The van der Waals surface area contributed by atoms with Gasteiger partial charge in [-0.2, -0.15) is 0 Å². The van der Waals surface area contributed by atoms with Gasteiger partial charge in [0.25, 0.3) is 0 Å². The van der Waals surface area contributed by atoms with Crippen LogP contribution in [0.2, 0.25) is 0 Å².